The fourth-order valence-corrected chi connectivity index (χ4v) is 8.41. The summed E-state index contributed by atoms with van der Waals surface area (Å²) in [4.78, 5) is 49.9. The number of fused-ring (bicyclic) bond motifs is 5. The summed E-state index contributed by atoms with van der Waals surface area (Å²) in [5.41, 5.74) is 2.07. The zero-order valence-corrected chi connectivity index (χ0v) is 23.4. The van der Waals surface area contributed by atoms with Crippen molar-refractivity contribution in [1.82, 2.24) is 5.32 Å². The fraction of sp³-hybridized carbons (Fsp3) is 0.625. The molecule has 0 heterocycles. The molecular weight excluding hydrogens is 494 g/mol. The Bertz CT molecular complexity index is 1160. The molecule has 4 aliphatic carbocycles. The van der Waals surface area contributed by atoms with Crippen molar-refractivity contribution in [1.29, 1.82) is 0 Å². The molecule has 0 unspecified atom stereocenters. The number of carbonyl (C=O) groups excluding carboxylic acids is 4. The van der Waals surface area contributed by atoms with Gasteiger partial charge in [-0.2, -0.15) is 0 Å². The largest absolute Gasteiger partial charge is 0.467 e. The van der Waals surface area contributed by atoms with Gasteiger partial charge in [-0.15, -0.1) is 0 Å². The molecule has 1 N–H and O–H groups in total. The maximum absolute atomic E-state index is 12.9. The molecule has 210 valence electrons. The van der Waals surface area contributed by atoms with Crippen LogP contribution in [0.5, 0.6) is 0 Å². The van der Waals surface area contributed by atoms with E-state index < -0.39 is 17.9 Å². The first kappa shape index (κ1) is 27.6. The molecule has 0 spiro atoms. The van der Waals surface area contributed by atoms with Gasteiger partial charge in [0.25, 0.3) is 0 Å². The van der Waals surface area contributed by atoms with E-state index in [4.69, 9.17) is 9.47 Å². The number of benzene rings is 1. The van der Waals surface area contributed by atoms with Crippen molar-refractivity contribution >= 4 is 23.6 Å². The highest BCUT2D eigenvalue weighted by molar-refractivity contribution is 5.91. The van der Waals surface area contributed by atoms with Crippen LogP contribution in [0.3, 0.4) is 0 Å². The second kappa shape index (κ2) is 10.9. The van der Waals surface area contributed by atoms with E-state index in [1.165, 1.54) is 12.7 Å². The first-order chi connectivity index (χ1) is 18.7. The first-order valence-corrected chi connectivity index (χ1v) is 14.5. The van der Waals surface area contributed by atoms with E-state index in [-0.39, 0.29) is 41.5 Å². The number of methoxy groups -OCH3 is 1. The predicted octanol–water partition coefficient (Wildman–Crippen LogP) is 5.24. The van der Waals surface area contributed by atoms with Crippen LogP contribution in [0.1, 0.15) is 89.7 Å². The molecule has 4 aliphatic rings. The van der Waals surface area contributed by atoms with E-state index in [0.717, 1.165) is 44.9 Å². The molecule has 3 fully saturated rings. The predicted molar refractivity (Wildman–Crippen MR) is 145 cm³/mol. The SMILES string of the molecule is COC(=O)[C@H](NC(=O)CCC(=O)O[C@@H]1CC[C@@H]2[C@@H]3CCC4=CC(=O)CC[C@]4(C)[C@H]3CC[C@@]21C)c1ccccc1. The van der Waals surface area contributed by atoms with Gasteiger partial charge in [-0.05, 0) is 79.8 Å². The van der Waals surface area contributed by atoms with Crippen LogP contribution in [-0.2, 0) is 28.7 Å². The summed E-state index contributed by atoms with van der Waals surface area (Å²) >= 11 is 0. The van der Waals surface area contributed by atoms with Gasteiger partial charge in [0.2, 0.25) is 5.91 Å². The Balaban J connectivity index is 1.17. The highest BCUT2D eigenvalue weighted by Crippen LogP contribution is 2.65. The lowest BCUT2D eigenvalue weighted by molar-refractivity contribution is -0.160. The van der Waals surface area contributed by atoms with Crippen LogP contribution in [0, 0.1) is 28.6 Å². The van der Waals surface area contributed by atoms with E-state index in [9.17, 15) is 19.2 Å². The van der Waals surface area contributed by atoms with Crippen molar-refractivity contribution < 1.29 is 28.7 Å². The molecule has 0 saturated heterocycles. The minimum absolute atomic E-state index is 0.0297. The minimum atomic E-state index is -0.917. The van der Waals surface area contributed by atoms with Crippen molar-refractivity contribution in [3.8, 4) is 0 Å². The normalized spacial score (nSPS) is 34.0. The standard InChI is InChI=1S/C32H41NO6/c1-31-17-15-22(34)19-21(31)9-10-23-24-11-12-26(32(24,2)18-16-25(23)31)39-28(36)14-13-27(35)33-29(30(37)38-3)20-7-5-4-6-8-20/h4-8,19,23-26,29H,9-18H2,1-3H3,(H,33,35)/t23-,24+,25-,26+,29+,31-,32-/m0/s1. The Morgan fingerprint density at radius 3 is 2.49 bits per heavy atom. The van der Waals surface area contributed by atoms with Gasteiger partial charge in [0.1, 0.15) is 6.10 Å². The van der Waals surface area contributed by atoms with E-state index >= 15 is 0 Å². The zero-order valence-electron chi connectivity index (χ0n) is 23.4. The highest BCUT2D eigenvalue weighted by atomic mass is 16.5. The number of hydrogen-bond donors (Lipinski definition) is 1. The van der Waals surface area contributed by atoms with Gasteiger partial charge in [0.15, 0.2) is 11.8 Å². The van der Waals surface area contributed by atoms with E-state index in [2.05, 4.69) is 19.2 Å². The number of allylic oxidation sites excluding steroid dienone is 1. The fourth-order valence-electron chi connectivity index (χ4n) is 8.41. The summed E-state index contributed by atoms with van der Waals surface area (Å²) in [6.07, 6.45) is 9.50. The van der Waals surface area contributed by atoms with Crippen LogP contribution in [0.15, 0.2) is 42.0 Å². The number of ether oxygens (including phenoxy) is 2. The van der Waals surface area contributed by atoms with Crippen LogP contribution >= 0.6 is 0 Å². The van der Waals surface area contributed by atoms with Gasteiger partial charge < -0.3 is 14.8 Å². The van der Waals surface area contributed by atoms with Crippen molar-refractivity contribution in [2.45, 2.75) is 90.2 Å². The zero-order chi connectivity index (χ0) is 27.8. The summed E-state index contributed by atoms with van der Waals surface area (Å²) in [5.74, 6) is 0.671. The summed E-state index contributed by atoms with van der Waals surface area (Å²) in [5, 5.41) is 2.70. The summed E-state index contributed by atoms with van der Waals surface area (Å²) in [6, 6.07) is 7.99. The van der Waals surface area contributed by atoms with Crippen LogP contribution in [0.25, 0.3) is 0 Å². The molecule has 0 radical (unpaired) electrons. The quantitative estimate of drug-likeness (QED) is 0.480. The Morgan fingerprint density at radius 2 is 1.74 bits per heavy atom. The molecule has 0 bridgehead atoms. The lowest BCUT2D eigenvalue weighted by Crippen LogP contribution is -2.51. The van der Waals surface area contributed by atoms with E-state index in [0.29, 0.717) is 29.7 Å². The maximum Gasteiger partial charge on any atom is 0.333 e. The van der Waals surface area contributed by atoms with Gasteiger partial charge >= 0.3 is 11.9 Å². The third-order valence-corrected chi connectivity index (χ3v) is 10.6. The summed E-state index contributed by atoms with van der Waals surface area (Å²) in [6.45, 7) is 4.68. The molecule has 0 aliphatic heterocycles. The minimum Gasteiger partial charge on any atom is -0.467 e. The summed E-state index contributed by atoms with van der Waals surface area (Å²) in [7, 11) is 1.28. The molecular formula is C32H41NO6. The average molecular weight is 536 g/mol. The molecule has 0 aromatic heterocycles. The second-order valence-corrected chi connectivity index (χ2v) is 12.5. The van der Waals surface area contributed by atoms with E-state index in [1.807, 2.05) is 12.1 Å². The lowest BCUT2D eigenvalue weighted by Gasteiger charge is -2.57. The first-order valence-electron chi connectivity index (χ1n) is 14.5. The smallest absolute Gasteiger partial charge is 0.333 e. The van der Waals surface area contributed by atoms with Crippen molar-refractivity contribution in [3.05, 3.63) is 47.5 Å². The van der Waals surface area contributed by atoms with Crippen LogP contribution < -0.4 is 5.32 Å². The summed E-state index contributed by atoms with van der Waals surface area (Å²) < 4.78 is 10.9. The Morgan fingerprint density at radius 1 is 0.974 bits per heavy atom. The van der Waals surface area contributed by atoms with Crippen molar-refractivity contribution in [3.63, 3.8) is 0 Å². The van der Waals surface area contributed by atoms with Crippen molar-refractivity contribution in [2.75, 3.05) is 7.11 Å². The third kappa shape index (κ3) is 5.17. The molecule has 1 aromatic rings. The van der Waals surface area contributed by atoms with Gasteiger partial charge in [-0.25, -0.2) is 4.79 Å². The maximum atomic E-state index is 12.9. The number of esters is 2. The van der Waals surface area contributed by atoms with Gasteiger partial charge in [-0.3, -0.25) is 14.4 Å². The topological polar surface area (TPSA) is 98.8 Å². The Kier molecular flexibility index (Phi) is 7.71. The number of hydrogen-bond acceptors (Lipinski definition) is 6. The number of rotatable bonds is 7. The van der Waals surface area contributed by atoms with Crippen LogP contribution in [0.4, 0.5) is 0 Å². The molecule has 1 aromatic carbocycles. The highest BCUT2D eigenvalue weighted by Gasteiger charge is 2.60. The number of ketones is 1. The molecule has 3 saturated carbocycles. The third-order valence-electron chi connectivity index (χ3n) is 10.6. The van der Waals surface area contributed by atoms with Gasteiger partial charge in [0.05, 0.1) is 13.5 Å². The Hall–Kier alpha value is -2.96. The van der Waals surface area contributed by atoms with Gasteiger partial charge in [0, 0.05) is 18.3 Å². The molecule has 39 heavy (non-hydrogen) atoms. The monoisotopic (exact) mass is 535 g/mol. The number of nitrogens with one attached hydrogen (secondary N) is 1. The lowest BCUT2D eigenvalue weighted by atomic mass is 9.47. The molecule has 7 heteroatoms. The molecule has 7 atom stereocenters. The van der Waals surface area contributed by atoms with Crippen LogP contribution in [-0.4, -0.2) is 36.8 Å². The van der Waals surface area contributed by atoms with E-state index in [1.54, 1.807) is 24.3 Å². The van der Waals surface area contributed by atoms with Crippen LogP contribution in [0.2, 0.25) is 0 Å². The second-order valence-electron chi connectivity index (χ2n) is 12.5. The average Bonchev–Trinajstić information content (AvgIpc) is 3.26. The molecule has 1 amide bonds. The Labute approximate surface area is 231 Å². The number of amides is 1. The van der Waals surface area contributed by atoms with Gasteiger partial charge in [-0.1, -0.05) is 49.8 Å². The molecule has 5 rings (SSSR count). The van der Waals surface area contributed by atoms with Crippen molar-refractivity contribution in [2.24, 2.45) is 28.6 Å². The molecule has 7 nitrogen and oxygen atoms in total. The number of carbonyl (C=O) groups is 4.